The number of anilines is 1. The predicted octanol–water partition coefficient (Wildman–Crippen LogP) is 1.55. The van der Waals surface area contributed by atoms with Crippen molar-refractivity contribution in [2.75, 3.05) is 5.32 Å². The number of benzene rings is 1. The maximum atomic E-state index is 12.3. The van der Waals surface area contributed by atoms with Crippen molar-refractivity contribution >= 4 is 17.5 Å². The predicted molar refractivity (Wildman–Crippen MR) is 78.3 cm³/mol. The van der Waals surface area contributed by atoms with E-state index in [-0.39, 0.29) is 17.9 Å². The third-order valence-electron chi connectivity index (χ3n) is 4.01. The summed E-state index contributed by atoms with van der Waals surface area (Å²) in [6, 6.07) is 5.06. The molecule has 1 aliphatic carbocycles. The molecule has 1 saturated carbocycles. The summed E-state index contributed by atoms with van der Waals surface area (Å²) in [5.41, 5.74) is 13.1. The second-order valence-electron chi connectivity index (χ2n) is 5.39. The number of carbonyl (C=O) groups is 2. The van der Waals surface area contributed by atoms with E-state index in [1.165, 1.54) is 0 Å². The summed E-state index contributed by atoms with van der Waals surface area (Å²) in [6.45, 7) is 1.77. The summed E-state index contributed by atoms with van der Waals surface area (Å²) in [5.74, 6) is -0.713. The van der Waals surface area contributed by atoms with Gasteiger partial charge in [0, 0.05) is 17.3 Å². The zero-order chi connectivity index (χ0) is 14.7. The molecule has 5 heteroatoms. The fraction of sp³-hybridized carbons (Fsp3) is 0.467. The minimum Gasteiger partial charge on any atom is -0.366 e. The Hall–Kier alpha value is -1.88. The normalized spacial score (nSPS) is 22.3. The average molecular weight is 275 g/mol. The van der Waals surface area contributed by atoms with E-state index < -0.39 is 5.91 Å². The summed E-state index contributed by atoms with van der Waals surface area (Å²) >= 11 is 0. The lowest BCUT2D eigenvalue weighted by Crippen LogP contribution is -2.40. The van der Waals surface area contributed by atoms with Gasteiger partial charge < -0.3 is 16.8 Å². The number of amides is 2. The summed E-state index contributed by atoms with van der Waals surface area (Å²) in [5, 5.41) is 2.88. The third kappa shape index (κ3) is 2.99. The Morgan fingerprint density at radius 1 is 1.25 bits per heavy atom. The minimum absolute atomic E-state index is 0.0677. The van der Waals surface area contributed by atoms with E-state index in [0.29, 0.717) is 16.8 Å². The van der Waals surface area contributed by atoms with Gasteiger partial charge in [0.1, 0.15) is 0 Å². The molecule has 5 N–H and O–H groups in total. The Balaban J connectivity index is 2.15. The molecule has 20 heavy (non-hydrogen) atoms. The van der Waals surface area contributed by atoms with E-state index in [2.05, 4.69) is 5.32 Å². The lowest BCUT2D eigenvalue weighted by molar-refractivity contribution is -0.121. The molecule has 1 aliphatic rings. The molecule has 0 heterocycles. The van der Waals surface area contributed by atoms with Gasteiger partial charge in [0.05, 0.1) is 5.92 Å². The van der Waals surface area contributed by atoms with Crippen LogP contribution in [0.2, 0.25) is 0 Å². The van der Waals surface area contributed by atoms with Gasteiger partial charge in [-0.05, 0) is 37.5 Å². The van der Waals surface area contributed by atoms with Crippen molar-refractivity contribution in [2.24, 2.45) is 17.4 Å². The topological polar surface area (TPSA) is 98.2 Å². The van der Waals surface area contributed by atoms with Crippen LogP contribution in [0.1, 0.15) is 41.6 Å². The van der Waals surface area contributed by atoms with Crippen molar-refractivity contribution in [2.45, 2.75) is 38.6 Å². The number of nitrogens with one attached hydrogen (secondary N) is 1. The number of hydrogen-bond donors (Lipinski definition) is 3. The molecule has 0 radical (unpaired) electrons. The Morgan fingerprint density at radius 3 is 2.60 bits per heavy atom. The number of carbonyl (C=O) groups excluding carboxylic acids is 2. The van der Waals surface area contributed by atoms with Crippen molar-refractivity contribution < 1.29 is 9.59 Å². The van der Waals surface area contributed by atoms with E-state index in [4.69, 9.17) is 11.5 Å². The highest BCUT2D eigenvalue weighted by atomic mass is 16.2. The zero-order valence-electron chi connectivity index (χ0n) is 11.7. The Kier molecular flexibility index (Phi) is 4.39. The van der Waals surface area contributed by atoms with Crippen LogP contribution in [-0.2, 0) is 4.79 Å². The highest BCUT2D eigenvalue weighted by molar-refractivity contribution is 5.99. The van der Waals surface area contributed by atoms with Crippen LogP contribution in [0.15, 0.2) is 18.2 Å². The van der Waals surface area contributed by atoms with E-state index in [1.54, 1.807) is 25.1 Å². The van der Waals surface area contributed by atoms with Crippen LogP contribution in [0.3, 0.4) is 0 Å². The monoisotopic (exact) mass is 275 g/mol. The zero-order valence-corrected chi connectivity index (χ0v) is 11.7. The fourth-order valence-corrected chi connectivity index (χ4v) is 2.75. The Morgan fingerprint density at radius 2 is 1.95 bits per heavy atom. The van der Waals surface area contributed by atoms with Crippen LogP contribution in [-0.4, -0.2) is 17.9 Å². The molecule has 2 unspecified atom stereocenters. The van der Waals surface area contributed by atoms with Crippen molar-refractivity contribution in [3.63, 3.8) is 0 Å². The summed E-state index contributed by atoms with van der Waals surface area (Å²) in [4.78, 5) is 23.6. The lowest BCUT2D eigenvalue weighted by atomic mass is 9.84. The first-order valence-electron chi connectivity index (χ1n) is 6.96. The highest BCUT2D eigenvalue weighted by Crippen LogP contribution is 2.25. The molecule has 1 aromatic carbocycles. The summed E-state index contributed by atoms with van der Waals surface area (Å²) in [7, 11) is 0. The Bertz CT molecular complexity index is 528. The van der Waals surface area contributed by atoms with Crippen LogP contribution in [0.4, 0.5) is 5.69 Å². The molecule has 2 atom stereocenters. The largest absolute Gasteiger partial charge is 0.366 e. The molecule has 0 spiro atoms. The smallest absolute Gasteiger partial charge is 0.249 e. The number of hydrogen-bond acceptors (Lipinski definition) is 3. The molecule has 0 saturated heterocycles. The molecule has 1 aromatic rings. The fourth-order valence-electron chi connectivity index (χ4n) is 2.75. The number of nitrogens with two attached hydrogens (primary N) is 2. The van der Waals surface area contributed by atoms with Crippen LogP contribution in [0.25, 0.3) is 0 Å². The molecule has 0 bridgehead atoms. The second-order valence-corrected chi connectivity index (χ2v) is 5.39. The molecular weight excluding hydrogens is 254 g/mol. The lowest BCUT2D eigenvalue weighted by Gasteiger charge is -2.27. The van der Waals surface area contributed by atoms with E-state index in [0.717, 1.165) is 25.7 Å². The van der Waals surface area contributed by atoms with Gasteiger partial charge in [0.15, 0.2) is 0 Å². The molecule has 2 rings (SSSR count). The second kappa shape index (κ2) is 6.05. The van der Waals surface area contributed by atoms with Crippen LogP contribution in [0, 0.1) is 12.8 Å². The molecule has 0 aliphatic heterocycles. The maximum absolute atomic E-state index is 12.3. The number of primary amides is 1. The number of rotatable bonds is 3. The molecule has 0 aromatic heterocycles. The van der Waals surface area contributed by atoms with Gasteiger partial charge in [-0.25, -0.2) is 0 Å². The highest BCUT2D eigenvalue weighted by Gasteiger charge is 2.28. The van der Waals surface area contributed by atoms with Crippen molar-refractivity contribution in [1.29, 1.82) is 0 Å². The molecule has 108 valence electrons. The third-order valence-corrected chi connectivity index (χ3v) is 4.01. The van der Waals surface area contributed by atoms with Crippen molar-refractivity contribution in [1.82, 2.24) is 0 Å². The first kappa shape index (κ1) is 14.5. The average Bonchev–Trinajstić information content (AvgIpc) is 2.41. The van der Waals surface area contributed by atoms with Gasteiger partial charge in [-0.2, -0.15) is 0 Å². The van der Waals surface area contributed by atoms with E-state index in [9.17, 15) is 9.59 Å². The van der Waals surface area contributed by atoms with Crippen LogP contribution >= 0.6 is 0 Å². The molecule has 5 nitrogen and oxygen atoms in total. The summed E-state index contributed by atoms with van der Waals surface area (Å²) < 4.78 is 0. The first-order valence-corrected chi connectivity index (χ1v) is 6.96. The van der Waals surface area contributed by atoms with E-state index in [1.807, 2.05) is 0 Å². The molecular formula is C15H21N3O2. The van der Waals surface area contributed by atoms with Gasteiger partial charge in [0.2, 0.25) is 11.8 Å². The van der Waals surface area contributed by atoms with Gasteiger partial charge >= 0.3 is 0 Å². The Labute approximate surface area is 118 Å². The minimum atomic E-state index is -0.493. The van der Waals surface area contributed by atoms with Crippen LogP contribution in [0.5, 0.6) is 0 Å². The van der Waals surface area contributed by atoms with Crippen molar-refractivity contribution in [3.8, 4) is 0 Å². The van der Waals surface area contributed by atoms with Crippen molar-refractivity contribution in [3.05, 3.63) is 29.3 Å². The SMILES string of the molecule is Cc1c(NC(=O)C2CCCCC2N)cccc1C(N)=O. The molecule has 2 amide bonds. The molecule has 1 fully saturated rings. The van der Waals surface area contributed by atoms with Crippen LogP contribution < -0.4 is 16.8 Å². The quantitative estimate of drug-likeness (QED) is 0.780. The van der Waals surface area contributed by atoms with Gasteiger partial charge in [0.25, 0.3) is 0 Å². The van der Waals surface area contributed by atoms with Gasteiger partial charge in [-0.15, -0.1) is 0 Å². The van der Waals surface area contributed by atoms with Gasteiger partial charge in [-0.3, -0.25) is 9.59 Å². The summed E-state index contributed by atoms with van der Waals surface area (Å²) in [6.07, 6.45) is 3.83. The standard InChI is InChI=1S/C15H21N3O2/c1-9-10(14(17)19)6-4-8-13(9)18-15(20)11-5-2-3-7-12(11)16/h4,6,8,11-12H,2-3,5,7,16H2,1H3,(H2,17,19)(H,18,20). The maximum Gasteiger partial charge on any atom is 0.249 e. The van der Waals surface area contributed by atoms with E-state index >= 15 is 0 Å². The van der Waals surface area contributed by atoms with Gasteiger partial charge in [-0.1, -0.05) is 18.9 Å². The first-order chi connectivity index (χ1) is 9.50.